The second-order valence-electron chi connectivity index (χ2n) is 7.93. The van der Waals surface area contributed by atoms with E-state index < -0.39 is 0 Å². The molecular formula is C26H34N2O. The van der Waals surface area contributed by atoms with Crippen LogP contribution >= 0.6 is 0 Å². The Bertz CT molecular complexity index is 918. The van der Waals surface area contributed by atoms with Gasteiger partial charge < -0.3 is 9.64 Å². The third-order valence-corrected chi connectivity index (χ3v) is 5.52. The molecule has 0 radical (unpaired) electrons. The summed E-state index contributed by atoms with van der Waals surface area (Å²) in [6.07, 6.45) is 6.48. The molecule has 0 aliphatic carbocycles. The molecule has 0 amide bonds. The summed E-state index contributed by atoms with van der Waals surface area (Å²) in [6, 6.07) is 8.75. The van der Waals surface area contributed by atoms with Crippen molar-refractivity contribution < 1.29 is 4.74 Å². The Balaban J connectivity index is 2.05. The number of nitrogens with zero attached hydrogens (tertiary/aromatic N) is 2. The van der Waals surface area contributed by atoms with Gasteiger partial charge in [-0.05, 0) is 57.2 Å². The maximum Gasteiger partial charge on any atom is 0.128 e. The van der Waals surface area contributed by atoms with E-state index in [0.717, 1.165) is 43.1 Å². The summed E-state index contributed by atoms with van der Waals surface area (Å²) in [5.74, 6) is 0.959. The molecule has 1 aromatic carbocycles. The second-order valence-corrected chi connectivity index (χ2v) is 7.93. The molecule has 1 aliphatic heterocycles. The van der Waals surface area contributed by atoms with Crippen molar-refractivity contribution in [1.82, 2.24) is 9.88 Å². The first-order valence-corrected chi connectivity index (χ1v) is 10.8. The average Bonchev–Trinajstić information content (AvgIpc) is 2.69. The fourth-order valence-corrected chi connectivity index (χ4v) is 4.28. The molecule has 0 unspecified atom stereocenters. The molecule has 0 bridgehead atoms. The van der Waals surface area contributed by atoms with Gasteiger partial charge in [0.2, 0.25) is 0 Å². The number of hydrogen-bond donors (Lipinski definition) is 0. The highest BCUT2D eigenvalue weighted by molar-refractivity contribution is 5.70. The van der Waals surface area contributed by atoms with Crippen molar-refractivity contribution in [2.75, 3.05) is 13.2 Å². The van der Waals surface area contributed by atoms with E-state index in [2.05, 4.69) is 83.0 Å². The van der Waals surface area contributed by atoms with Crippen molar-refractivity contribution >= 4 is 0 Å². The summed E-state index contributed by atoms with van der Waals surface area (Å²) in [6.45, 7) is 15.3. The van der Waals surface area contributed by atoms with Crippen molar-refractivity contribution in [3.8, 4) is 17.0 Å². The lowest BCUT2D eigenvalue weighted by molar-refractivity contribution is 0.322. The number of aryl methyl sites for hydroxylation is 3. The molecular weight excluding hydrogens is 356 g/mol. The topological polar surface area (TPSA) is 25.4 Å². The van der Waals surface area contributed by atoms with Crippen LogP contribution in [0.15, 0.2) is 47.7 Å². The van der Waals surface area contributed by atoms with Crippen molar-refractivity contribution in [2.24, 2.45) is 0 Å². The molecule has 1 aromatic heterocycles. The van der Waals surface area contributed by atoms with E-state index in [-0.39, 0.29) is 0 Å². The Morgan fingerprint density at radius 3 is 2.31 bits per heavy atom. The van der Waals surface area contributed by atoms with E-state index in [1.807, 2.05) is 0 Å². The van der Waals surface area contributed by atoms with Gasteiger partial charge in [0.25, 0.3) is 0 Å². The molecule has 0 spiro atoms. The van der Waals surface area contributed by atoms with Gasteiger partial charge in [0, 0.05) is 42.2 Å². The summed E-state index contributed by atoms with van der Waals surface area (Å²) in [5.41, 5.74) is 9.92. The SMILES string of the molecule is CCOc1cc(-c2c(CC)cccc2CC)nc(C)c1CN1C=C(C)C=C(C)C1. The van der Waals surface area contributed by atoms with Crippen LogP contribution in [0.3, 0.4) is 0 Å². The van der Waals surface area contributed by atoms with Gasteiger partial charge in [0.1, 0.15) is 5.75 Å². The minimum Gasteiger partial charge on any atom is -0.493 e. The lowest BCUT2D eigenvalue weighted by atomic mass is 9.94. The van der Waals surface area contributed by atoms with Crippen molar-refractivity contribution in [2.45, 2.75) is 60.9 Å². The average molecular weight is 391 g/mol. The molecule has 0 saturated carbocycles. The fraction of sp³-hybridized carbons (Fsp3) is 0.423. The number of hydrogen-bond acceptors (Lipinski definition) is 3. The summed E-state index contributed by atoms with van der Waals surface area (Å²) in [5, 5.41) is 0. The predicted octanol–water partition coefficient (Wildman–Crippen LogP) is 6.25. The largest absolute Gasteiger partial charge is 0.493 e. The minimum atomic E-state index is 0.653. The number of rotatable bonds is 7. The highest BCUT2D eigenvalue weighted by Crippen LogP contribution is 2.34. The first-order chi connectivity index (χ1) is 14.0. The maximum absolute atomic E-state index is 6.12. The monoisotopic (exact) mass is 390 g/mol. The molecule has 0 atom stereocenters. The summed E-state index contributed by atoms with van der Waals surface area (Å²) in [7, 11) is 0. The zero-order chi connectivity index (χ0) is 21.0. The third-order valence-electron chi connectivity index (χ3n) is 5.52. The van der Waals surface area contributed by atoms with E-state index in [1.54, 1.807) is 0 Å². The van der Waals surface area contributed by atoms with Crippen LogP contribution in [0.25, 0.3) is 11.3 Å². The molecule has 2 aromatic rings. The lowest BCUT2D eigenvalue weighted by Gasteiger charge is -2.27. The minimum absolute atomic E-state index is 0.653. The molecule has 2 heterocycles. The van der Waals surface area contributed by atoms with Crippen molar-refractivity contribution in [3.05, 3.63) is 70.1 Å². The van der Waals surface area contributed by atoms with Crippen molar-refractivity contribution in [1.29, 1.82) is 0 Å². The summed E-state index contributed by atoms with van der Waals surface area (Å²) < 4.78 is 6.12. The fourth-order valence-electron chi connectivity index (χ4n) is 4.28. The normalized spacial score (nSPS) is 13.9. The zero-order valence-electron chi connectivity index (χ0n) is 18.8. The second kappa shape index (κ2) is 9.30. The van der Waals surface area contributed by atoms with Crippen LogP contribution in [0.2, 0.25) is 0 Å². The number of allylic oxidation sites excluding steroid dienone is 2. The standard InChI is InChI=1S/C26H34N2O/c1-7-21-11-10-12-22(8-2)26(21)24-14-25(29-9-3)23(20(6)27-24)17-28-15-18(4)13-19(5)16-28/h10-15H,7-9,16-17H2,1-6H3. The van der Waals surface area contributed by atoms with Gasteiger partial charge in [-0.1, -0.05) is 43.7 Å². The quantitative estimate of drug-likeness (QED) is 0.559. The van der Waals surface area contributed by atoms with Crippen LogP contribution in [0.1, 0.15) is 57.0 Å². The van der Waals surface area contributed by atoms with Gasteiger partial charge in [-0.25, -0.2) is 0 Å². The molecule has 3 rings (SSSR count). The van der Waals surface area contributed by atoms with Crippen LogP contribution in [0.4, 0.5) is 0 Å². The number of ether oxygens (including phenoxy) is 1. The van der Waals surface area contributed by atoms with E-state index in [9.17, 15) is 0 Å². The van der Waals surface area contributed by atoms with Gasteiger partial charge in [-0.3, -0.25) is 4.98 Å². The Kier molecular flexibility index (Phi) is 6.79. The van der Waals surface area contributed by atoms with Crippen LogP contribution < -0.4 is 4.74 Å². The van der Waals surface area contributed by atoms with Crippen LogP contribution in [0.5, 0.6) is 5.75 Å². The summed E-state index contributed by atoms with van der Waals surface area (Å²) in [4.78, 5) is 7.42. The third kappa shape index (κ3) is 4.72. The lowest BCUT2D eigenvalue weighted by Crippen LogP contribution is -2.23. The van der Waals surface area contributed by atoms with Gasteiger partial charge in [0.15, 0.2) is 0 Å². The van der Waals surface area contributed by atoms with Gasteiger partial charge in [-0.2, -0.15) is 0 Å². The van der Waals surface area contributed by atoms with Crippen LogP contribution in [-0.2, 0) is 19.4 Å². The highest BCUT2D eigenvalue weighted by atomic mass is 16.5. The molecule has 1 aliphatic rings. The Hall–Kier alpha value is -2.55. The number of pyridine rings is 1. The van der Waals surface area contributed by atoms with Crippen LogP contribution in [0, 0.1) is 6.92 Å². The van der Waals surface area contributed by atoms with E-state index in [4.69, 9.17) is 9.72 Å². The van der Waals surface area contributed by atoms with E-state index in [1.165, 1.54) is 33.4 Å². The molecule has 154 valence electrons. The first kappa shape index (κ1) is 21.2. The van der Waals surface area contributed by atoms with Crippen LogP contribution in [-0.4, -0.2) is 23.0 Å². The zero-order valence-corrected chi connectivity index (χ0v) is 18.8. The van der Waals surface area contributed by atoms with Gasteiger partial charge >= 0.3 is 0 Å². The van der Waals surface area contributed by atoms with Gasteiger partial charge in [-0.15, -0.1) is 0 Å². The number of aromatic nitrogens is 1. The molecule has 3 heteroatoms. The molecule has 0 N–H and O–H groups in total. The predicted molar refractivity (Wildman–Crippen MR) is 122 cm³/mol. The summed E-state index contributed by atoms with van der Waals surface area (Å²) >= 11 is 0. The molecule has 3 nitrogen and oxygen atoms in total. The Morgan fingerprint density at radius 1 is 1.03 bits per heavy atom. The van der Waals surface area contributed by atoms with E-state index >= 15 is 0 Å². The smallest absolute Gasteiger partial charge is 0.128 e. The number of benzene rings is 1. The highest BCUT2D eigenvalue weighted by Gasteiger charge is 2.18. The maximum atomic E-state index is 6.12. The van der Waals surface area contributed by atoms with E-state index in [0.29, 0.717) is 6.61 Å². The Morgan fingerprint density at radius 2 is 1.72 bits per heavy atom. The van der Waals surface area contributed by atoms with Crippen molar-refractivity contribution in [3.63, 3.8) is 0 Å². The molecule has 0 fully saturated rings. The molecule has 29 heavy (non-hydrogen) atoms. The van der Waals surface area contributed by atoms with Gasteiger partial charge in [0.05, 0.1) is 12.3 Å². The first-order valence-electron chi connectivity index (χ1n) is 10.8. The molecule has 0 saturated heterocycles. The Labute approximate surface area is 176 Å².